The highest BCUT2D eigenvalue weighted by Crippen LogP contribution is 2.49. The average Bonchev–Trinajstić information content (AvgIpc) is 3.41. The first kappa shape index (κ1) is 22.5. The monoisotopic (exact) mass is 493 g/mol. The quantitative estimate of drug-likeness (QED) is 0.426. The van der Waals surface area contributed by atoms with Crippen molar-refractivity contribution in [1.82, 2.24) is 20.2 Å². The van der Waals surface area contributed by atoms with Crippen LogP contribution in [-0.4, -0.2) is 53.0 Å². The third-order valence-corrected chi connectivity index (χ3v) is 8.70. The second-order valence-electron chi connectivity index (χ2n) is 10.9. The van der Waals surface area contributed by atoms with E-state index >= 15 is 0 Å². The largest absolute Gasteiger partial charge is 0.445 e. The Morgan fingerprint density at radius 2 is 1.86 bits per heavy atom. The molecule has 7 rings (SSSR count). The molecule has 2 aromatic heterocycles. The topological polar surface area (TPSA) is 74.5 Å². The van der Waals surface area contributed by atoms with E-state index in [1.54, 1.807) is 18.7 Å². The van der Waals surface area contributed by atoms with Gasteiger partial charge in [-0.25, -0.2) is 4.98 Å². The number of oxazole rings is 1. The summed E-state index contributed by atoms with van der Waals surface area (Å²) in [4.78, 5) is 27.7. The van der Waals surface area contributed by atoms with Crippen molar-refractivity contribution in [1.29, 1.82) is 0 Å². The van der Waals surface area contributed by atoms with Gasteiger partial charge in [-0.05, 0) is 81.1 Å². The highest BCUT2D eigenvalue weighted by atomic mass is 16.3. The van der Waals surface area contributed by atoms with Crippen molar-refractivity contribution < 1.29 is 9.21 Å². The minimum absolute atomic E-state index is 0.0208. The van der Waals surface area contributed by atoms with Gasteiger partial charge in [0.25, 0.3) is 5.91 Å². The van der Waals surface area contributed by atoms with E-state index in [9.17, 15) is 4.79 Å². The summed E-state index contributed by atoms with van der Waals surface area (Å²) in [5, 5.41) is 4.48. The maximum Gasteiger partial charge on any atom is 0.252 e. The third kappa shape index (κ3) is 3.80. The number of benzene rings is 2. The Bertz CT molecular complexity index is 1480. The zero-order chi connectivity index (χ0) is 25.1. The van der Waals surface area contributed by atoms with Gasteiger partial charge in [-0.1, -0.05) is 12.1 Å². The SMILES string of the molecule is Cc1ccc(N2CC3CCC(C2)N3C)cc1C(=O)NC1(c2cc(-c3ncco3)cc3ncccc23)CC1. The van der Waals surface area contributed by atoms with Gasteiger partial charge < -0.3 is 14.6 Å². The van der Waals surface area contributed by atoms with Crippen molar-refractivity contribution >= 4 is 22.5 Å². The summed E-state index contributed by atoms with van der Waals surface area (Å²) in [6, 6.07) is 15.7. The second kappa shape index (κ2) is 8.42. The van der Waals surface area contributed by atoms with Crippen LogP contribution in [0.1, 0.15) is 47.2 Å². The number of carbonyl (C=O) groups is 1. The first-order valence-corrected chi connectivity index (χ1v) is 13.2. The molecular formula is C30H31N5O2. The lowest BCUT2D eigenvalue weighted by atomic mass is 9.95. The number of amides is 1. The normalized spacial score (nSPS) is 22.4. The van der Waals surface area contributed by atoms with Gasteiger partial charge in [0.15, 0.2) is 0 Å². The zero-order valence-electron chi connectivity index (χ0n) is 21.3. The first-order valence-electron chi connectivity index (χ1n) is 13.2. The van der Waals surface area contributed by atoms with E-state index in [-0.39, 0.29) is 5.91 Å². The molecule has 2 saturated heterocycles. The van der Waals surface area contributed by atoms with Crippen LogP contribution in [0, 0.1) is 6.92 Å². The lowest BCUT2D eigenvalue weighted by molar-refractivity contribution is 0.0930. The van der Waals surface area contributed by atoms with Gasteiger partial charge in [0, 0.05) is 53.6 Å². The van der Waals surface area contributed by atoms with Crippen LogP contribution in [0.25, 0.3) is 22.4 Å². The summed E-state index contributed by atoms with van der Waals surface area (Å²) < 4.78 is 5.59. The molecule has 1 aliphatic carbocycles. The number of aromatic nitrogens is 2. The number of aryl methyl sites for hydroxylation is 1. The van der Waals surface area contributed by atoms with Gasteiger partial charge in [0.1, 0.15) is 6.26 Å². The number of likely N-dealkylation sites (N-methyl/N-ethyl adjacent to an activating group) is 1. The molecule has 188 valence electrons. The van der Waals surface area contributed by atoms with E-state index in [2.05, 4.69) is 62.5 Å². The average molecular weight is 494 g/mol. The smallest absolute Gasteiger partial charge is 0.252 e. The van der Waals surface area contributed by atoms with Gasteiger partial charge in [0.05, 0.1) is 17.3 Å². The summed E-state index contributed by atoms with van der Waals surface area (Å²) in [5.74, 6) is 0.535. The van der Waals surface area contributed by atoms with E-state index < -0.39 is 5.54 Å². The third-order valence-electron chi connectivity index (χ3n) is 8.70. The fraction of sp³-hybridized carbons (Fsp3) is 0.367. The Labute approximate surface area is 216 Å². The molecule has 7 heteroatoms. The Morgan fingerprint density at radius 1 is 1.05 bits per heavy atom. The van der Waals surface area contributed by atoms with Crippen LogP contribution in [0.15, 0.2) is 65.5 Å². The molecule has 1 amide bonds. The number of pyridine rings is 1. The maximum absolute atomic E-state index is 13.8. The molecule has 3 fully saturated rings. The van der Waals surface area contributed by atoms with E-state index in [4.69, 9.17) is 4.42 Å². The molecule has 2 unspecified atom stereocenters. The predicted octanol–water partition coefficient (Wildman–Crippen LogP) is 4.90. The molecular weight excluding hydrogens is 462 g/mol. The van der Waals surface area contributed by atoms with E-state index in [1.807, 2.05) is 19.1 Å². The van der Waals surface area contributed by atoms with Crippen molar-refractivity contribution in [2.45, 2.75) is 50.2 Å². The summed E-state index contributed by atoms with van der Waals surface area (Å²) in [6.07, 6.45) is 9.31. The Balaban J connectivity index is 1.21. The number of fused-ring (bicyclic) bond motifs is 3. The molecule has 0 radical (unpaired) electrons. The number of nitrogens with one attached hydrogen (secondary N) is 1. The number of carbonyl (C=O) groups excluding carboxylic acids is 1. The van der Waals surface area contributed by atoms with Crippen molar-refractivity contribution in [3.63, 3.8) is 0 Å². The van der Waals surface area contributed by atoms with Crippen LogP contribution in [0.4, 0.5) is 5.69 Å². The van der Waals surface area contributed by atoms with Crippen molar-refractivity contribution in [2.75, 3.05) is 25.0 Å². The van der Waals surface area contributed by atoms with Gasteiger partial charge >= 0.3 is 0 Å². The summed E-state index contributed by atoms with van der Waals surface area (Å²) in [6.45, 7) is 4.07. The molecule has 4 heterocycles. The summed E-state index contributed by atoms with van der Waals surface area (Å²) >= 11 is 0. The maximum atomic E-state index is 13.8. The zero-order valence-corrected chi connectivity index (χ0v) is 21.3. The molecule has 37 heavy (non-hydrogen) atoms. The number of hydrogen-bond donors (Lipinski definition) is 1. The highest BCUT2D eigenvalue weighted by Gasteiger charge is 2.47. The van der Waals surface area contributed by atoms with Crippen LogP contribution in [0.2, 0.25) is 0 Å². The minimum atomic E-state index is -0.420. The van der Waals surface area contributed by atoms with Crippen molar-refractivity contribution in [2.24, 2.45) is 0 Å². The fourth-order valence-corrected chi connectivity index (χ4v) is 6.32. The van der Waals surface area contributed by atoms with Gasteiger partial charge in [-0.3, -0.25) is 14.7 Å². The Kier molecular flexibility index (Phi) is 5.11. The number of rotatable bonds is 5. The molecule has 2 atom stereocenters. The molecule has 0 spiro atoms. The van der Waals surface area contributed by atoms with E-state index in [0.29, 0.717) is 18.0 Å². The van der Waals surface area contributed by atoms with Crippen LogP contribution in [0.5, 0.6) is 0 Å². The van der Waals surface area contributed by atoms with Crippen molar-refractivity contribution in [3.05, 3.63) is 77.8 Å². The number of anilines is 1. The summed E-state index contributed by atoms with van der Waals surface area (Å²) in [7, 11) is 2.25. The second-order valence-corrected chi connectivity index (χ2v) is 10.9. The number of hydrogen-bond acceptors (Lipinski definition) is 6. The molecule has 7 nitrogen and oxygen atoms in total. The first-order chi connectivity index (χ1) is 18.0. The van der Waals surface area contributed by atoms with Crippen LogP contribution in [-0.2, 0) is 5.54 Å². The molecule has 2 aliphatic heterocycles. The van der Waals surface area contributed by atoms with Gasteiger partial charge in [0.2, 0.25) is 5.89 Å². The summed E-state index contributed by atoms with van der Waals surface area (Å²) in [5.41, 5.74) is 5.29. The predicted molar refractivity (Wildman–Crippen MR) is 144 cm³/mol. The van der Waals surface area contributed by atoms with Gasteiger partial charge in [-0.15, -0.1) is 0 Å². The molecule has 2 bridgehead atoms. The van der Waals surface area contributed by atoms with Crippen LogP contribution >= 0.6 is 0 Å². The lowest BCUT2D eigenvalue weighted by Gasteiger charge is -2.40. The minimum Gasteiger partial charge on any atom is -0.445 e. The fourth-order valence-electron chi connectivity index (χ4n) is 6.32. The van der Waals surface area contributed by atoms with Crippen LogP contribution < -0.4 is 10.2 Å². The standard InChI is InChI=1S/C30H31N5O2/c1-19-5-6-21(35-17-22-7-8-23(18-35)34(22)2)16-25(19)28(36)33-30(9-10-30)26-14-20(29-32-12-13-37-29)15-27-24(26)4-3-11-31-27/h3-6,11-16,22-23H,7-10,17-18H2,1-2H3,(H,33,36). The molecule has 1 N–H and O–H groups in total. The van der Waals surface area contributed by atoms with E-state index in [1.165, 1.54) is 12.8 Å². The molecule has 4 aromatic rings. The lowest BCUT2D eigenvalue weighted by Crippen LogP contribution is -2.52. The molecule has 3 aliphatic rings. The van der Waals surface area contributed by atoms with Crippen molar-refractivity contribution in [3.8, 4) is 11.5 Å². The van der Waals surface area contributed by atoms with Gasteiger partial charge in [-0.2, -0.15) is 0 Å². The highest BCUT2D eigenvalue weighted by molar-refractivity contribution is 5.98. The molecule has 1 saturated carbocycles. The molecule has 2 aromatic carbocycles. The van der Waals surface area contributed by atoms with Crippen LogP contribution in [0.3, 0.4) is 0 Å². The number of nitrogens with zero attached hydrogens (tertiary/aromatic N) is 4. The Hall–Kier alpha value is -3.71. The Morgan fingerprint density at radius 3 is 2.59 bits per heavy atom. The van der Waals surface area contributed by atoms with E-state index in [0.717, 1.165) is 64.8 Å². The number of piperazine rings is 1.